The summed E-state index contributed by atoms with van der Waals surface area (Å²) < 4.78 is 4.85. The SMILES string of the molecule is CC(=O)Oc1[c]cc(C(=O)c2ccccc2)cc1. The van der Waals surface area contributed by atoms with Crippen LogP contribution in [0, 0.1) is 6.07 Å². The molecule has 0 aromatic heterocycles. The van der Waals surface area contributed by atoms with E-state index in [1.54, 1.807) is 24.3 Å². The molecule has 0 heterocycles. The lowest BCUT2D eigenvalue weighted by atomic mass is 10.0. The van der Waals surface area contributed by atoms with E-state index >= 15 is 0 Å². The molecule has 3 nitrogen and oxygen atoms in total. The number of ether oxygens (including phenoxy) is 1. The molecular weight excluding hydrogens is 228 g/mol. The lowest BCUT2D eigenvalue weighted by Crippen LogP contribution is -2.03. The number of hydrogen-bond donors (Lipinski definition) is 0. The van der Waals surface area contributed by atoms with Gasteiger partial charge in [-0.1, -0.05) is 30.3 Å². The van der Waals surface area contributed by atoms with Gasteiger partial charge in [0.15, 0.2) is 5.78 Å². The van der Waals surface area contributed by atoms with Crippen LogP contribution in [0.3, 0.4) is 0 Å². The Labute approximate surface area is 105 Å². The van der Waals surface area contributed by atoms with Gasteiger partial charge in [-0.25, -0.2) is 0 Å². The molecule has 0 atom stereocenters. The van der Waals surface area contributed by atoms with E-state index in [9.17, 15) is 9.59 Å². The van der Waals surface area contributed by atoms with Crippen LogP contribution < -0.4 is 4.74 Å². The molecule has 2 rings (SSSR count). The fraction of sp³-hybridized carbons (Fsp3) is 0.0667. The van der Waals surface area contributed by atoms with Gasteiger partial charge in [-0.3, -0.25) is 9.59 Å². The highest BCUT2D eigenvalue weighted by Crippen LogP contribution is 2.14. The van der Waals surface area contributed by atoms with E-state index in [0.717, 1.165) is 0 Å². The molecule has 2 aromatic rings. The maximum absolute atomic E-state index is 12.1. The van der Waals surface area contributed by atoms with Gasteiger partial charge in [0.1, 0.15) is 5.75 Å². The molecule has 0 spiro atoms. The van der Waals surface area contributed by atoms with Crippen molar-refractivity contribution < 1.29 is 14.3 Å². The van der Waals surface area contributed by atoms with Crippen LogP contribution in [0.25, 0.3) is 0 Å². The molecule has 18 heavy (non-hydrogen) atoms. The van der Waals surface area contributed by atoms with E-state index in [1.807, 2.05) is 18.2 Å². The molecule has 3 heteroatoms. The van der Waals surface area contributed by atoms with Gasteiger partial charge < -0.3 is 4.74 Å². The molecule has 0 saturated heterocycles. The van der Waals surface area contributed by atoms with E-state index in [4.69, 9.17) is 4.74 Å². The van der Waals surface area contributed by atoms with Gasteiger partial charge in [-0.05, 0) is 18.2 Å². The zero-order chi connectivity index (χ0) is 13.0. The van der Waals surface area contributed by atoms with Gasteiger partial charge >= 0.3 is 5.97 Å². The summed E-state index contributed by atoms with van der Waals surface area (Å²) in [5.74, 6) is -0.179. The average Bonchev–Trinajstić information content (AvgIpc) is 2.39. The Bertz CT molecular complexity index is 556. The van der Waals surface area contributed by atoms with Crippen LogP contribution in [0.15, 0.2) is 48.5 Å². The fourth-order valence-corrected chi connectivity index (χ4v) is 1.53. The lowest BCUT2D eigenvalue weighted by molar-refractivity contribution is -0.131. The highest BCUT2D eigenvalue weighted by Gasteiger charge is 2.08. The van der Waals surface area contributed by atoms with Crippen LogP contribution in [0.4, 0.5) is 0 Å². The number of carbonyl (C=O) groups excluding carboxylic acids is 2. The second kappa shape index (κ2) is 5.27. The van der Waals surface area contributed by atoms with E-state index in [0.29, 0.717) is 16.9 Å². The predicted octanol–water partition coefficient (Wildman–Crippen LogP) is 2.64. The van der Waals surface area contributed by atoms with E-state index in [2.05, 4.69) is 6.07 Å². The number of carbonyl (C=O) groups is 2. The van der Waals surface area contributed by atoms with Gasteiger partial charge in [0.25, 0.3) is 0 Å². The fourth-order valence-electron chi connectivity index (χ4n) is 1.53. The first-order chi connectivity index (χ1) is 8.66. The quantitative estimate of drug-likeness (QED) is 0.470. The molecule has 0 aliphatic carbocycles. The van der Waals surface area contributed by atoms with Crippen molar-refractivity contribution in [3.05, 3.63) is 65.7 Å². The van der Waals surface area contributed by atoms with Crippen LogP contribution in [-0.2, 0) is 4.79 Å². The van der Waals surface area contributed by atoms with Crippen molar-refractivity contribution in [3.8, 4) is 5.75 Å². The highest BCUT2D eigenvalue weighted by atomic mass is 16.5. The van der Waals surface area contributed by atoms with Crippen LogP contribution >= 0.6 is 0 Å². The van der Waals surface area contributed by atoms with Crippen molar-refractivity contribution >= 4 is 11.8 Å². The van der Waals surface area contributed by atoms with Crippen molar-refractivity contribution in [2.24, 2.45) is 0 Å². The third kappa shape index (κ3) is 2.83. The topological polar surface area (TPSA) is 43.4 Å². The molecule has 0 unspecified atom stereocenters. The summed E-state index contributed by atoms with van der Waals surface area (Å²) in [6, 6.07) is 16.4. The standard InChI is InChI=1S/C15H11O3/c1-11(16)18-14-9-7-13(8-10-14)15(17)12-5-3-2-4-6-12/h2-9H,1H3. The summed E-state index contributed by atoms with van der Waals surface area (Å²) in [5, 5.41) is 0. The Kier molecular flexibility index (Phi) is 3.53. The van der Waals surface area contributed by atoms with Gasteiger partial charge in [0.2, 0.25) is 0 Å². The molecule has 2 aromatic carbocycles. The van der Waals surface area contributed by atoms with Gasteiger partial charge in [-0.15, -0.1) is 0 Å². The Hall–Kier alpha value is -2.42. The normalized spacial score (nSPS) is 9.83. The Balaban J connectivity index is 2.20. The molecule has 89 valence electrons. The van der Waals surface area contributed by atoms with Gasteiger partial charge in [0.05, 0.1) is 0 Å². The van der Waals surface area contributed by atoms with E-state index in [1.165, 1.54) is 13.0 Å². The zero-order valence-corrected chi connectivity index (χ0v) is 9.84. The van der Waals surface area contributed by atoms with E-state index in [-0.39, 0.29) is 5.78 Å². The lowest BCUT2D eigenvalue weighted by Gasteiger charge is -2.03. The molecule has 0 bridgehead atoms. The number of ketones is 1. The summed E-state index contributed by atoms with van der Waals surface area (Å²) in [5.41, 5.74) is 1.13. The summed E-state index contributed by atoms with van der Waals surface area (Å²) in [6.45, 7) is 1.32. The van der Waals surface area contributed by atoms with Crippen molar-refractivity contribution in [1.29, 1.82) is 0 Å². The summed E-state index contributed by atoms with van der Waals surface area (Å²) in [4.78, 5) is 22.8. The van der Waals surface area contributed by atoms with Crippen LogP contribution in [0.1, 0.15) is 22.8 Å². The molecular formula is C15H11O3. The Morgan fingerprint density at radius 2 is 1.72 bits per heavy atom. The second-order valence-electron chi connectivity index (χ2n) is 3.73. The van der Waals surface area contributed by atoms with Gasteiger partial charge in [-0.2, -0.15) is 0 Å². The number of hydrogen-bond acceptors (Lipinski definition) is 3. The third-order valence-electron chi connectivity index (χ3n) is 2.34. The molecule has 0 aliphatic rings. The van der Waals surface area contributed by atoms with Gasteiger partial charge in [0, 0.05) is 24.1 Å². The minimum atomic E-state index is -0.409. The first-order valence-corrected chi connectivity index (χ1v) is 5.47. The molecule has 0 aliphatic heterocycles. The first kappa shape index (κ1) is 12.0. The molecule has 0 amide bonds. The minimum Gasteiger partial charge on any atom is -0.426 e. The van der Waals surface area contributed by atoms with Crippen molar-refractivity contribution in [3.63, 3.8) is 0 Å². The maximum Gasteiger partial charge on any atom is 0.308 e. The monoisotopic (exact) mass is 239 g/mol. The minimum absolute atomic E-state index is 0.0822. The third-order valence-corrected chi connectivity index (χ3v) is 2.34. The van der Waals surface area contributed by atoms with Crippen LogP contribution in [0.2, 0.25) is 0 Å². The van der Waals surface area contributed by atoms with E-state index < -0.39 is 5.97 Å². The number of rotatable bonds is 3. The summed E-state index contributed by atoms with van der Waals surface area (Å²) in [7, 11) is 0. The first-order valence-electron chi connectivity index (χ1n) is 5.47. The highest BCUT2D eigenvalue weighted by molar-refractivity contribution is 6.08. The molecule has 0 saturated carbocycles. The zero-order valence-electron chi connectivity index (χ0n) is 9.84. The number of benzene rings is 2. The smallest absolute Gasteiger partial charge is 0.308 e. The van der Waals surface area contributed by atoms with Crippen molar-refractivity contribution in [1.82, 2.24) is 0 Å². The van der Waals surface area contributed by atoms with Crippen molar-refractivity contribution in [2.45, 2.75) is 6.92 Å². The van der Waals surface area contributed by atoms with Crippen LogP contribution in [-0.4, -0.2) is 11.8 Å². The predicted molar refractivity (Wildman–Crippen MR) is 66.5 cm³/mol. The number of esters is 1. The van der Waals surface area contributed by atoms with Crippen molar-refractivity contribution in [2.75, 3.05) is 0 Å². The molecule has 0 fully saturated rings. The second-order valence-corrected chi connectivity index (χ2v) is 3.73. The van der Waals surface area contributed by atoms with Crippen LogP contribution in [0.5, 0.6) is 5.75 Å². The summed E-state index contributed by atoms with van der Waals surface area (Å²) in [6.07, 6.45) is 0. The maximum atomic E-state index is 12.1. The molecule has 1 radical (unpaired) electrons. The average molecular weight is 239 g/mol. The Morgan fingerprint density at radius 3 is 2.28 bits per heavy atom. The summed E-state index contributed by atoms with van der Waals surface area (Å²) >= 11 is 0. The largest absolute Gasteiger partial charge is 0.426 e. The molecule has 0 N–H and O–H groups in total. The Morgan fingerprint density at radius 1 is 1.00 bits per heavy atom.